The number of amides is 1. The highest BCUT2D eigenvalue weighted by Gasteiger charge is 2.24. The molecule has 1 aliphatic heterocycles. The fraction of sp³-hybridized carbons (Fsp3) is 0.286. The number of aromatic nitrogens is 3. The Balaban J connectivity index is 1.29. The lowest BCUT2D eigenvalue weighted by Crippen LogP contribution is -2.36. The van der Waals surface area contributed by atoms with Crippen LogP contribution in [0.15, 0.2) is 66.9 Å². The Hall–Kier alpha value is -3.84. The quantitative estimate of drug-likeness (QED) is 0.458. The van der Waals surface area contributed by atoms with Crippen LogP contribution in [0.4, 0.5) is 11.6 Å². The second-order valence-corrected chi connectivity index (χ2v) is 9.11. The summed E-state index contributed by atoms with van der Waals surface area (Å²) in [5.74, 6) is 0.732. The van der Waals surface area contributed by atoms with Crippen LogP contribution in [0.25, 0.3) is 10.9 Å². The molecule has 1 fully saturated rings. The van der Waals surface area contributed by atoms with Crippen molar-refractivity contribution in [1.29, 1.82) is 0 Å². The van der Waals surface area contributed by atoms with Crippen LogP contribution < -0.4 is 5.32 Å². The van der Waals surface area contributed by atoms with Crippen molar-refractivity contribution in [3.05, 3.63) is 89.4 Å². The number of carbonyl (C=O) groups excluding carboxylic acids is 1. The summed E-state index contributed by atoms with van der Waals surface area (Å²) in [5, 5.41) is 4.36. The number of fused-ring (bicyclic) bond motifs is 1. The van der Waals surface area contributed by atoms with Crippen molar-refractivity contribution in [2.75, 3.05) is 31.6 Å². The van der Waals surface area contributed by atoms with Crippen LogP contribution in [0, 0.1) is 19.8 Å². The number of benzene rings is 2. The predicted molar refractivity (Wildman–Crippen MR) is 137 cm³/mol. The van der Waals surface area contributed by atoms with E-state index in [2.05, 4.69) is 32.4 Å². The zero-order chi connectivity index (χ0) is 24.2. The largest absolute Gasteiger partial charge is 0.379 e. The summed E-state index contributed by atoms with van der Waals surface area (Å²) < 4.78 is 5.87. The molecule has 0 radical (unpaired) electrons. The molecule has 0 spiro atoms. The SMILES string of the molecule is Cc1cc(C)nc(Nc2cccc(C(=O)N3CCOCC(Cc4cnc5ccccc5c4)C3)c2)n1. The minimum absolute atomic E-state index is 0.00197. The van der Waals surface area contributed by atoms with E-state index in [0.29, 0.717) is 37.8 Å². The Labute approximate surface area is 205 Å². The molecule has 1 unspecified atom stereocenters. The van der Waals surface area contributed by atoms with Gasteiger partial charge in [0.05, 0.1) is 18.7 Å². The molecule has 1 atom stereocenters. The van der Waals surface area contributed by atoms with Crippen LogP contribution in [0.2, 0.25) is 0 Å². The predicted octanol–water partition coefficient (Wildman–Crippen LogP) is 4.72. The number of nitrogens with zero attached hydrogens (tertiary/aromatic N) is 4. The van der Waals surface area contributed by atoms with Gasteiger partial charge in [-0.3, -0.25) is 9.78 Å². The molecular weight excluding hydrogens is 438 g/mol. The van der Waals surface area contributed by atoms with Crippen LogP contribution in [0.3, 0.4) is 0 Å². The number of hydrogen-bond donors (Lipinski definition) is 1. The molecule has 7 nitrogen and oxygen atoms in total. The van der Waals surface area contributed by atoms with E-state index in [0.717, 1.165) is 40.0 Å². The summed E-state index contributed by atoms with van der Waals surface area (Å²) in [5.41, 5.74) is 5.35. The van der Waals surface area contributed by atoms with Crippen LogP contribution in [0.1, 0.15) is 27.3 Å². The Morgan fingerprint density at radius 1 is 1.06 bits per heavy atom. The van der Waals surface area contributed by atoms with E-state index in [1.165, 1.54) is 0 Å². The third-order valence-corrected chi connectivity index (χ3v) is 6.14. The number of hydrogen-bond acceptors (Lipinski definition) is 6. The highest BCUT2D eigenvalue weighted by Crippen LogP contribution is 2.21. The number of nitrogens with one attached hydrogen (secondary N) is 1. The molecule has 0 aliphatic carbocycles. The van der Waals surface area contributed by atoms with Gasteiger partial charge in [0.1, 0.15) is 0 Å². The number of carbonyl (C=O) groups is 1. The zero-order valence-electron chi connectivity index (χ0n) is 20.1. The Morgan fingerprint density at radius 2 is 1.89 bits per heavy atom. The summed E-state index contributed by atoms with van der Waals surface area (Å²) in [4.78, 5) is 28.8. The highest BCUT2D eigenvalue weighted by molar-refractivity contribution is 5.95. The number of ether oxygens (including phenoxy) is 1. The van der Waals surface area contributed by atoms with E-state index in [4.69, 9.17) is 4.74 Å². The molecule has 4 aromatic rings. The fourth-order valence-electron chi connectivity index (χ4n) is 4.57. The number of aryl methyl sites for hydroxylation is 2. The van der Waals surface area contributed by atoms with Gasteiger partial charge in [-0.25, -0.2) is 9.97 Å². The molecule has 2 aromatic heterocycles. The first kappa shape index (κ1) is 22.9. The number of anilines is 2. The molecule has 2 aromatic carbocycles. The Kier molecular flexibility index (Phi) is 6.68. The standard InChI is InChI=1S/C28H29N5O2/c1-19-12-20(2)31-28(30-19)32-25-8-5-7-24(15-25)27(34)33-10-11-35-18-22(17-33)13-21-14-23-6-3-4-9-26(23)29-16-21/h3-9,12,14-16,22H,10-11,13,17-18H2,1-2H3,(H,30,31,32). The van der Waals surface area contributed by atoms with Gasteiger partial charge < -0.3 is 15.0 Å². The van der Waals surface area contributed by atoms with Crippen molar-refractivity contribution in [1.82, 2.24) is 19.9 Å². The minimum atomic E-state index is 0.00197. The maximum atomic E-state index is 13.4. The molecular formula is C28H29N5O2. The van der Waals surface area contributed by atoms with Gasteiger partial charge in [0.2, 0.25) is 5.95 Å². The van der Waals surface area contributed by atoms with Crippen molar-refractivity contribution in [3.63, 3.8) is 0 Å². The van der Waals surface area contributed by atoms with Gasteiger partial charge in [-0.15, -0.1) is 0 Å². The zero-order valence-corrected chi connectivity index (χ0v) is 20.1. The van der Waals surface area contributed by atoms with Gasteiger partial charge in [0, 0.05) is 53.2 Å². The molecule has 35 heavy (non-hydrogen) atoms. The van der Waals surface area contributed by atoms with E-state index in [9.17, 15) is 4.79 Å². The molecule has 1 amide bonds. The third kappa shape index (κ3) is 5.63. The van der Waals surface area contributed by atoms with Gasteiger partial charge in [-0.05, 0) is 62.2 Å². The third-order valence-electron chi connectivity index (χ3n) is 6.14. The topological polar surface area (TPSA) is 80.2 Å². The van der Waals surface area contributed by atoms with Gasteiger partial charge in [-0.2, -0.15) is 0 Å². The van der Waals surface area contributed by atoms with Crippen molar-refractivity contribution >= 4 is 28.4 Å². The first-order valence-corrected chi connectivity index (χ1v) is 11.9. The van der Waals surface area contributed by atoms with E-state index in [1.807, 2.05) is 73.5 Å². The van der Waals surface area contributed by atoms with Crippen molar-refractivity contribution in [2.45, 2.75) is 20.3 Å². The molecule has 178 valence electrons. The van der Waals surface area contributed by atoms with E-state index in [-0.39, 0.29) is 11.8 Å². The first-order valence-electron chi connectivity index (χ1n) is 11.9. The number of rotatable bonds is 5. The maximum absolute atomic E-state index is 13.4. The summed E-state index contributed by atoms with van der Waals surface area (Å²) >= 11 is 0. The lowest BCUT2D eigenvalue weighted by molar-refractivity contribution is 0.0737. The lowest BCUT2D eigenvalue weighted by atomic mass is 9.99. The summed E-state index contributed by atoms with van der Waals surface area (Å²) in [6.07, 6.45) is 2.75. The molecule has 3 heterocycles. The average Bonchev–Trinajstić information content (AvgIpc) is 3.08. The molecule has 0 saturated carbocycles. The van der Waals surface area contributed by atoms with Crippen molar-refractivity contribution < 1.29 is 9.53 Å². The minimum Gasteiger partial charge on any atom is -0.379 e. The Bertz CT molecular complexity index is 1340. The van der Waals surface area contributed by atoms with E-state index in [1.54, 1.807) is 0 Å². The first-order chi connectivity index (χ1) is 17.0. The van der Waals surface area contributed by atoms with Crippen LogP contribution in [-0.2, 0) is 11.2 Å². The van der Waals surface area contributed by atoms with Crippen molar-refractivity contribution in [3.8, 4) is 0 Å². The van der Waals surface area contributed by atoms with Gasteiger partial charge >= 0.3 is 0 Å². The van der Waals surface area contributed by atoms with Crippen LogP contribution in [0.5, 0.6) is 0 Å². The number of para-hydroxylation sites is 1. The normalized spacial score (nSPS) is 16.2. The molecule has 0 bridgehead atoms. The summed E-state index contributed by atoms with van der Waals surface area (Å²) in [6.45, 7) is 6.25. The molecule has 5 rings (SSSR count). The lowest BCUT2D eigenvalue weighted by Gasteiger charge is -2.24. The molecule has 1 aliphatic rings. The average molecular weight is 468 g/mol. The van der Waals surface area contributed by atoms with Crippen molar-refractivity contribution in [2.24, 2.45) is 5.92 Å². The highest BCUT2D eigenvalue weighted by atomic mass is 16.5. The van der Waals surface area contributed by atoms with E-state index < -0.39 is 0 Å². The summed E-state index contributed by atoms with van der Waals surface area (Å²) in [6, 6.07) is 19.7. The molecule has 7 heteroatoms. The fourth-order valence-corrected chi connectivity index (χ4v) is 4.57. The second-order valence-electron chi connectivity index (χ2n) is 9.11. The van der Waals surface area contributed by atoms with Gasteiger partial charge in [0.25, 0.3) is 5.91 Å². The smallest absolute Gasteiger partial charge is 0.254 e. The van der Waals surface area contributed by atoms with Gasteiger partial charge in [0.15, 0.2) is 0 Å². The number of pyridine rings is 1. The van der Waals surface area contributed by atoms with Gasteiger partial charge in [-0.1, -0.05) is 24.3 Å². The van der Waals surface area contributed by atoms with E-state index >= 15 is 0 Å². The second kappa shape index (κ2) is 10.2. The monoisotopic (exact) mass is 467 g/mol. The molecule has 1 N–H and O–H groups in total. The summed E-state index contributed by atoms with van der Waals surface area (Å²) in [7, 11) is 0. The molecule has 1 saturated heterocycles. The van der Waals surface area contributed by atoms with Crippen LogP contribution in [-0.4, -0.2) is 52.1 Å². The Morgan fingerprint density at radius 3 is 2.74 bits per heavy atom. The van der Waals surface area contributed by atoms with Crippen LogP contribution >= 0.6 is 0 Å². The maximum Gasteiger partial charge on any atom is 0.254 e.